The van der Waals surface area contributed by atoms with Crippen LogP contribution in [0.4, 0.5) is 0 Å². The van der Waals surface area contributed by atoms with Gasteiger partial charge in [-0.15, -0.1) is 0 Å². The smallest absolute Gasteiger partial charge is 0.0235 e. The van der Waals surface area contributed by atoms with Crippen molar-refractivity contribution in [3.05, 3.63) is 0 Å². The quantitative estimate of drug-likeness (QED) is 0.323. The number of hydrogen-bond donors (Lipinski definition) is 0. The molecule has 168 valence electrons. The largest absolute Gasteiger partial charge is 0.159 e. The van der Waals surface area contributed by atoms with Crippen LogP contribution in [0, 0.1) is 23.2 Å². The van der Waals surface area contributed by atoms with Gasteiger partial charge in [-0.3, -0.25) is 0 Å². The van der Waals surface area contributed by atoms with Crippen LogP contribution in [0.2, 0.25) is 0 Å². The molecule has 0 heterocycles. The molecule has 1 rings (SSSR count). The molecule has 1 fully saturated rings. The summed E-state index contributed by atoms with van der Waals surface area (Å²) in [6.07, 6.45) is 11.6. The van der Waals surface area contributed by atoms with Crippen LogP contribution in [0.25, 0.3) is 0 Å². The van der Waals surface area contributed by atoms with Gasteiger partial charge in [0.2, 0.25) is 0 Å². The lowest BCUT2D eigenvalue weighted by atomic mass is 9.70. The Bertz CT molecular complexity index is 414. The Morgan fingerprint density at radius 2 is 1.36 bits per heavy atom. The van der Waals surface area contributed by atoms with E-state index >= 15 is 0 Å². The predicted octanol–water partition coefficient (Wildman–Crippen LogP) is 9.73. The van der Waals surface area contributed by atoms with Crippen molar-refractivity contribution >= 4 is 33.3 Å². The Labute approximate surface area is 190 Å². The first-order chi connectivity index (χ1) is 13.0. The van der Waals surface area contributed by atoms with Crippen LogP contribution < -0.4 is 0 Å². The van der Waals surface area contributed by atoms with Gasteiger partial charge in [-0.05, 0) is 67.3 Å². The molecule has 3 atom stereocenters. The Balaban J connectivity index is 2.80. The highest BCUT2D eigenvalue weighted by molar-refractivity contribution is 8.77. The van der Waals surface area contributed by atoms with Gasteiger partial charge in [0.05, 0.1) is 0 Å². The van der Waals surface area contributed by atoms with E-state index in [0.717, 1.165) is 23.0 Å². The molecule has 28 heavy (non-hydrogen) atoms. The molecule has 0 saturated heterocycles. The first-order valence-electron chi connectivity index (χ1n) is 11.9. The van der Waals surface area contributed by atoms with Gasteiger partial charge < -0.3 is 0 Å². The van der Waals surface area contributed by atoms with Crippen LogP contribution in [-0.4, -0.2) is 21.0 Å². The lowest BCUT2D eigenvalue weighted by Gasteiger charge is -2.40. The normalized spacial score (nSPS) is 24.5. The zero-order valence-electron chi connectivity index (χ0n) is 20.5. The van der Waals surface area contributed by atoms with E-state index in [2.05, 4.69) is 95.7 Å². The zero-order chi connectivity index (χ0) is 21.4. The van der Waals surface area contributed by atoms with Gasteiger partial charge in [0, 0.05) is 10.00 Å². The van der Waals surface area contributed by atoms with Crippen molar-refractivity contribution in [2.45, 2.75) is 129 Å². The van der Waals surface area contributed by atoms with Gasteiger partial charge in [0.1, 0.15) is 0 Å². The molecule has 0 aromatic carbocycles. The molecular weight excluding hydrogens is 396 g/mol. The zero-order valence-corrected chi connectivity index (χ0v) is 22.9. The molecule has 0 bridgehead atoms. The van der Waals surface area contributed by atoms with Crippen LogP contribution in [0.1, 0.15) is 114 Å². The number of thioether (sulfide) groups is 1. The van der Waals surface area contributed by atoms with Gasteiger partial charge in [0.25, 0.3) is 0 Å². The second-order valence-corrected chi connectivity index (χ2v) is 16.0. The molecule has 0 aromatic rings. The first-order valence-corrected chi connectivity index (χ1v) is 15.2. The molecule has 0 spiro atoms. The molecule has 0 radical (unpaired) electrons. The Kier molecular flexibility index (Phi) is 12.4. The van der Waals surface area contributed by atoms with E-state index < -0.39 is 0 Å². The SMILES string of the molecule is CC(C)SCC(C)(C)C1CCCCCCC(C(C)C(C)(C)SSC(C)C)CC1. The van der Waals surface area contributed by atoms with Crippen LogP contribution in [0.3, 0.4) is 0 Å². The maximum atomic E-state index is 2.55. The maximum Gasteiger partial charge on any atom is 0.0235 e. The van der Waals surface area contributed by atoms with E-state index in [1.807, 2.05) is 0 Å². The predicted molar refractivity (Wildman–Crippen MR) is 139 cm³/mol. The summed E-state index contributed by atoms with van der Waals surface area (Å²) in [6.45, 7) is 22.0. The monoisotopic (exact) mass is 446 g/mol. The molecular formula is C25H50S3. The average Bonchev–Trinajstić information content (AvgIpc) is 2.61. The summed E-state index contributed by atoms with van der Waals surface area (Å²) < 4.78 is 0.363. The summed E-state index contributed by atoms with van der Waals surface area (Å²) in [5, 5.41) is 1.46. The van der Waals surface area contributed by atoms with Crippen LogP contribution in [0.15, 0.2) is 0 Å². The number of hydrogen-bond acceptors (Lipinski definition) is 3. The maximum absolute atomic E-state index is 2.55. The highest BCUT2D eigenvalue weighted by Crippen LogP contribution is 2.48. The van der Waals surface area contributed by atoms with Crippen molar-refractivity contribution in [3.8, 4) is 0 Å². The minimum atomic E-state index is 0.363. The number of rotatable bonds is 9. The molecule has 0 aromatic heterocycles. The fraction of sp³-hybridized carbons (Fsp3) is 1.00. The van der Waals surface area contributed by atoms with Crippen LogP contribution >= 0.6 is 33.3 Å². The van der Waals surface area contributed by atoms with E-state index in [1.54, 1.807) is 0 Å². The topological polar surface area (TPSA) is 0 Å². The summed E-state index contributed by atoms with van der Waals surface area (Å²) in [4.78, 5) is 0. The van der Waals surface area contributed by atoms with E-state index in [1.165, 1.54) is 57.1 Å². The van der Waals surface area contributed by atoms with Crippen molar-refractivity contribution in [2.75, 3.05) is 5.75 Å². The van der Waals surface area contributed by atoms with Gasteiger partial charge in [0.15, 0.2) is 0 Å². The van der Waals surface area contributed by atoms with Gasteiger partial charge in [-0.2, -0.15) is 11.8 Å². The highest BCUT2D eigenvalue weighted by Gasteiger charge is 2.35. The molecule has 3 unspecified atom stereocenters. The molecule has 0 aliphatic heterocycles. The van der Waals surface area contributed by atoms with Crippen LogP contribution in [0.5, 0.6) is 0 Å². The summed E-state index contributed by atoms with van der Waals surface area (Å²) in [5.41, 5.74) is 0.472. The van der Waals surface area contributed by atoms with Crippen molar-refractivity contribution in [1.82, 2.24) is 0 Å². The van der Waals surface area contributed by atoms with Gasteiger partial charge in [-0.1, -0.05) is 102 Å². The molecule has 0 amide bonds. The standard InChI is InChI=1S/C25H50S3/c1-19(2)26-18-24(6,7)23-15-13-11-10-12-14-22(16-17-23)21(5)25(8,9)28-27-20(3)4/h19-23H,10-18H2,1-9H3. The first kappa shape index (κ1) is 27.1. The Morgan fingerprint density at radius 1 is 0.750 bits per heavy atom. The Morgan fingerprint density at radius 3 is 1.93 bits per heavy atom. The molecule has 1 saturated carbocycles. The third-order valence-electron chi connectivity index (χ3n) is 6.92. The highest BCUT2D eigenvalue weighted by atomic mass is 33.1. The summed E-state index contributed by atoms with van der Waals surface area (Å²) in [6, 6.07) is 0. The molecule has 0 nitrogen and oxygen atoms in total. The fourth-order valence-electron chi connectivity index (χ4n) is 4.50. The van der Waals surface area contributed by atoms with E-state index in [0.29, 0.717) is 15.4 Å². The molecule has 0 N–H and O–H groups in total. The second kappa shape index (κ2) is 12.8. The van der Waals surface area contributed by atoms with Crippen molar-refractivity contribution in [2.24, 2.45) is 23.2 Å². The summed E-state index contributed by atoms with van der Waals surface area (Å²) in [7, 11) is 4.22. The van der Waals surface area contributed by atoms with E-state index in [4.69, 9.17) is 0 Å². The third kappa shape index (κ3) is 9.90. The molecule has 3 heteroatoms. The average molecular weight is 447 g/mol. The van der Waals surface area contributed by atoms with E-state index in [-0.39, 0.29) is 0 Å². The van der Waals surface area contributed by atoms with Crippen LogP contribution in [-0.2, 0) is 0 Å². The van der Waals surface area contributed by atoms with E-state index in [9.17, 15) is 0 Å². The minimum absolute atomic E-state index is 0.363. The van der Waals surface area contributed by atoms with Gasteiger partial charge in [-0.25, -0.2) is 0 Å². The lowest BCUT2D eigenvalue weighted by molar-refractivity contribution is 0.169. The lowest BCUT2D eigenvalue weighted by Crippen LogP contribution is -2.33. The van der Waals surface area contributed by atoms with Crippen molar-refractivity contribution in [3.63, 3.8) is 0 Å². The van der Waals surface area contributed by atoms with Crippen molar-refractivity contribution in [1.29, 1.82) is 0 Å². The third-order valence-corrected chi connectivity index (χ3v) is 12.5. The van der Waals surface area contributed by atoms with Gasteiger partial charge >= 0.3 is 0 Å². The van der Waals surface area contributed by atoms with Crippen molar-refractivity contribution < 1.29 is 0 Å². The fourth-order valence-corrected chi connectivity index (χ4v) is 8.06. The second-order valence-electron chi connectivity index (χ2n) is 11.0. The molecule has 1 aliphatic carbocycles. The molecule has 1 aliphatic rings. The Hall–Kier alpha value is 1.05. The summed E-state index contributed by atoms with van der Waals surface area (Å²) in [5.74, 6) is 3.90. The minimum Gasteiger partial charge on any atom is -0.159 e. The summed E-state index contributed by atoms with van der Waals surface area (Å²) >= 11 is 2.17.